The quantitative estimate of drug-likeness (QED) is 0.381. The zero-order chi connectivity index (χ0) is 24.7. The number of H-pyrrole nitrogens is 1. The average Bonchev–Trinajstić information content (AvgIpc) is 3.36. The molecule has 0 amide bonds. The maximum atomic E-state index is 13.7. The van der Waals surface area contributed by atoms with Gasteiger partial charge in [0.25, 0.3) is 0 Å². The predicted octanol–water partition coefficient (Wildman–Crippen LogP) is 5.37. The summed E-state index contributed by atoms with van der Waals surface area (Å²) in [5, 5.41) is 4.58. The maximum Gasteiger partial charge on any atom is 0.417 e. The number of fused-ring (bicyclic) bond motifs is 1. The van der Waals surface area contributed by atoms with Crippen LogP contribution in [-0.2, 0) is 23.4 Å². The monoisotopic (exact) mass is 473 g/mol. The number of halogens is 3. The summed E-state index contributed by atoms with van der Waals surface area (Å²) >= 11 is 0. The Bertz CT molecular complexity index is 1320. The Morgan fingerprint density at radius 1 is 1.03 bits per heavy atom. The number of ether oxygens (including phenoxy) is 2. The molecule has 0 unspecified atom stereocenters. The third kappa shape index (κ3) is 4.63. The van der Waals surface area contributed by atoms with Gasteiger partial charge in [-0.25, -0.2) is 9.97 Å². The lowest BCUT2D eigenvalue weighted by Gasteiger charge is -2.13. The smallest absolute Gasteiger partial charge is 0.417 e. The molecule has 10 heteroatoms. The van der Waals surface area contributed by atoms with Crippen molar-refractivity contribution < 1.29 is 22.6 Å². The summed E-state index contributed by atoms with van der Waals surface area (Å²) in [5.41, 5.74) is 1.47. The minimum absolute atomic E-state index is 0.0476. The number of aromatic nitrogens is 5. The number of hydrogen-bond acceptors (Lipinski definition) is 5. The molecule has 180 valence electrons. The fraction of sp³-hybridized carbons (Fsp3) is 0.375. The molecule has 0 aliphatic heterocycles. The number of aryl methyl sites for hydroxylation is 1. The van der Waals surface area contributed by atoms with E-state index < -0.39 is 11.7 Å². The Hall–Kier alpha value is -3.40. The van der Waals surface area contributed by atoms with Crippen molar-refractivity contribution in [2.24, 2.45) is 7.05 Å². The van der Waals surface area contributed by atoms with Crippen LogP contribution in [0.2, 0.25) is 0 Å². The highest BCUT2D eigenvalue weighted by Gasteiger charge is 2.34. The number of nitrogens with zero attached hydrogens (tertiary/aromatic N) is 4. The molecular formula is C24H26F3N5O2. The summed E-state index contributed by atoms with van der Waals surface area (Å²) in [7, 11) is 3.35. The molecule has 0 radical (unpaired) electrons. The first kappa shape index (κ1) is 23.7. The van der Waals surface area contributed by atoms with E-state index in [1.807, 2.05) is 13.1 Å². The van der Waals surface area contributed by atoms with Crippen LogP contribution in [-0.4, -0.2) is 45.1 Å². The summed E-state index contributed by atoms with van der Waals surface area (Å²) in [6.07, 6.45) is -4.53. The van der Waals surface area contributed by atoms with Gasteiger partial charge in [-0.3, -0.25) is 4.68 Å². The molecule has 3 heterocycles. The highest BCUT2D eigenvalue weighted by Crippen LogP contribution is 2.39. The highest BCUT2D eigenvalue weighted by atomic mass is 19.4. The molecule has 0 atom stereocenters. The predicted molar refractivity (Wildman–Crippen MR) is 123 cm³/mol. The lowest BCUT2D eigenvalue weighted by Crippen LogP contribution is -2.12. The van der Waals surface area contributed by atoms with E-state index in [1.165, 1.54) is 18.2 Å². The van der Waals surface area contributed by atoms with E-state index in [0.29, 0.717) is 23.7 Å². The van der Waals surface area contributed by atoms with Crippen molar-refractivity contribution in [2.45, 2.75) is 32.4 Å². The number of methoxy groups -OCH3 is 1. The number of imidazole rings is 1. The zero-order valence-corrected chi connectivity index (χ0v) is 19.6. The molecule has 0 fully saturated rings. The molecule has 0 spiro atoms. The molecular weight excluding hydrogens is 447 g/mol. The van der Waals surface area contributed by atoms with Gasteiger partial charge in [0.2, 0.25) is 0 Å². The molecule has 0 aliphatic rings. The fourth-order valence-corrected chi connectivity index (χ4v) is 3.58. The first-order valence-corrected chi connectivity index (χ1v) is 10.7. The SMILES string of the molecule is COCCOc1cc(-c2ccccc2C(F)(F)F)nc2nc(-c3cc(C(C)(C)C)nn3C)[nH]c12. The van der Waals surface area contributed by atoms with Gasteiger partial charge in [0.1, 0.15) is 23.6 Å². The summed E-state index contributed by atoms with van der Waals surface area (Å²) in [5.74, 6) is 0.830. The highest BCUT2D eigenvalue weighted by molar-refractivity contribution is 5.85. The van der Waals surface area contributed by atoms with Gasteiger partial charge < -0.3 is 14.5 Å². The van der Waals surface area contributed by atoms with E-state index in [2.05, 4.69) is 40.8 Å². The molecule has 34 heavy (non-hydrogen) atoms. The molecule has 0 bridgehead atoms. The van der Waals surface area contributed by atoms with Crippen LogP contribution in [0.4, 0.5) is 13.2 Å². The van der Waals surface area contributed by atoms with Crippen molar-refractivity contribution in [3.05, 3.63) is 47.7 Å². The van der Waals surface area contributed by atoms with Crippen LogP contribution in [0.5, 0.6) is 5.75 Å². The number of benzene rings is 1. The number of hydrogen-bond donors (Lipinski definition) is 1. The first-order valence-electron chi connectivity index (χ1n) is 10.7. The molecule has 3 aromatic heterocycles. The molecule has 0 aliphatic carbocycles. The number of aromatic amines is 1. The van der Waals surface area contributed by atoms with Crippen LogP contribution >= 0.6 is 0 Å². The molecule has 4 rings (SSSR count). The Balaban J connectivity index is 1.88. The van der Waals surface area contributed by atoms with Crippen LogP contribution in [0.25, 0.3) is 33.9 Å². The van der Waals surface area contributed by atoms with Gasteiger partial charge in [-0.1, -0.05) is 39.0 Å². The van der Waals surface area contributed by atoms with Crippen LogP contribution in [0.15, 0.2) is 36.4 Å². The number of rotatable bonds is 6. The van der Waals surface area contributed by atoms with Gasteiger partial charge in [0, 0.05) is 31.2 Å². The van der Waals surface area contributed by atoms with E-state index in [4.69, 9.17) is 9.47 Å². The van der Waals surface area contributed by atoms with Crippen molar-refractivity contribution >= 4 is 11.2 Å². The van der Waals surface area contributed by atoms with E-state index in [1.54, 1.807) is 17.9 Å². The second kappa shape index (κ2) is 8.75. The van der Waals surface area contributed by atoms with E-state index in [-0.39, 0.29) is 28.9 Å². The van der Waals surface area contributed by atoms with E-state index >= 15 is 0 Å². The van der Waals surface area contributed by atoms with Crippen LogP contribution in [0.3, 0.4) is 0 Å². The van der Waals surface area contributed by atoms with Crippen molar-refractivity contribution in [3.63, 3.8) is 0 Å². The lowest BCUT2D eigenvalue weighted by molar-refractivity contribution is -0.137. The van der Waals surface area contributed by atoms with Gasteiger partial charge in [0.05, 0.1) is 23.6 Å². The summed E-state index contributed by atoms with van der Waals surface area (Å²) in [6.45, 7) is 6.71. The Kier molecular flexibility index (Phi) is 6.11. The van der Waals surface area contributed by atoms with Gasteiger partial charge in [-0.2, -0.15) is 18.3 Å². The van der Waals surface area contributed by atoms with Gasteiger partial charge in [0.15, 0.2) is 11.5 Å². The standard InChI is InChI=1S/C24H26F3N5O2/c1-23(2,3)19-13-17(32(4)31-19)21-29-20-18(34-11-10-33-5)12-16(28-22(20)30-21)14-8-6-7-9-15(14)24(25,26)27/h6-9,12-13H,10-11H2,1-5H3,(H,28,29,30). The van der Waals surface area contributed by atoms with Crippen molar-refractivity contribution in [1.82, 2.24) is 24.7 Å². The van der Waals surface area contributed by atoms with Crippen LogP contribution < -0.4 is 4.74 Å². The lowest BCUT2D eigenvalue weighted by atomic mass is 9.92. The normalized spacial score (nSPS) is 12.5. The van der Waals surface area contributed by atoms with E-state index in [0.717, 1.165) is 17.5 Å². The first-order chi connectivity index (χ1) is 16.0. The van der Waals surface area contributed by atoms with Gasteiger partial charge in [-0.05, 0) is 12.1 Å². The number of pyridine rings is 1. The molecule has 1 N–H and O–H groups in total. The topological polar surface area (TPSA) is 77.8 Å². The maximum absolute atomic E-state index is 13.7. The molecule has 4 aromatic rings. The van der Waals surface area contributed by atoms with Crippen molar-refractivity contribution in [1.29, 1.82) is 0 Å². The Morgan fingerprint density at radius 2 is 1.76 bits per heavy atom. The van der Waals surface area contributed by atoms with E-state index in [9.17, 15) is 13.2 Å². The molecule has 0 saturated carbocycles. The number of alkyl halides is 3. The minimum atomic E-state index is -4.53. The summed E-state index contributed by atoms with van der Waals surface area (Å²) in [4.78, 5) is 12.3. The third-order valence-electron chi connectivity index (χ3n) is 5.37. The number of nitrogens with one attached hydrogen (secondary N) is 1. The average molecular weight is 473 g/mol. The Labute approximate surface area is 194 Å². The second-order valence-electron chi connectivity index (χ2n) is 8.96. The van der Waals surface area contributed by atoms with Crippen molar-refractivity contribution in [3.8, 4) is 28.5 Å². The fourth-order valence-electron chi connectivity index (χ4n) is 3.58. The van der Waals surface area contributed by atoms with Crippen molar-refractivity contribution in [2.75, 3.05) is 20.3 Å². The third-order valence-corrected chi connectivity index (χ3v) is 5.37. The zero-order valence-electron chi connectivity index (χ0n) is 19.6. The van der Waals surface area contributed by atoms with Crippen LogP contribution in [0.1, 0.15) is 32.0 Å². The molecule has 0 saturated heterocycles. The minimum Gasteiger partial charge on any atom is -0.489 e. The van der Waals surface area contributed by atoms with Gasteiger partial charge in [-0.15, -0.1) is 0 Å². The van der Waals surface area contributed by atoms with Gasteiger partial charge >= 0.3 is 6.18 Å². The second-order valence-corrected chi connectivity index (χ2v) is 8.96. The molecule has 1 aromatic carbocycles. The summed E-state index contributed by atoms with van der Waals surface area (Å²) < 4.78 is 53.6. The molecule has 7 nitrogen and oxygen atoms in total. The largest absolute Gasteiger partial charge is 0.489 e. The van der Waals surface area contributed by atoms with Crippen LogP contribution in [0, 0.1) is 0 Å². The summed E-state index contributed by atoms with van der Waals surface area (Å²) in [6, 6.07) is 8.74. The Morgan fingerprint density at radius 3 is 2.41 bits per heavy atom.